The topological polar surface area (TPSA) is 44.4 Å². The molecule has 1 atom stereocenters. The zero-order chi connectivity index (χ0) is 15.7. The Morgan fingerprint density at radius 3 is 2.67 bits per heavy atom. The van der Waals surface area contributed by atoms with Crippen LogP contribution in [0.25, 0.3) is 0 Å². The second-order valence-corrected chi connectivity index (χ2v) is 5.38. The molecule has 0 radical (unpaired) electrons. The SMILES string of the molecule is CCCCCNC(=O)NCC(c1cccc(F)c1)N(C)C. The van der Waals surface area contributed by atoms with Gasteiger partial charge >= 0.3 is 6.03 Å². The van der Waals surface area contributed by atoms with Crippen LogP contribution in [-0.4, -0.2) is 38.1 Å². The van der Waals surface area contributed by atoms with Gasteiger partial charge in [-0.1, -0.05) is 31.9 Å². The summed E-state index contributed by atoms with van der Waals surface area (Å²) < 4.78 is 13.3. The monoisotopic (exact) mass is 295 g/mol. The number of urea groups is 1. The first-order valence-electron chi connectivity index (χ1n) is 7.48. The van der Waals surface area contributed by atoms with E-state index in [0.29, 0.717) is 13.1 Å². The Morgan fingerprint density at radius 1 is 1.29 bits per heavy atom. The van der Waals surface area contributed by atoms with Crippen LogP contribution in [0.1, 0.15) is 37.8 Å². The van der Waals surface area contributed by atoms with Crippen LogP contribution >= 0.6 is 0 Å². The molecule has 0 heterocycles. The third-order valence-corrected chi connectivity index (χ3v) is 3.38. The van der Waals surface area contributed by atoms with Crippen molar-refractivity contribution >= 4 is 6.03 Å². The molecule has 0 fully saturated rings. The van der Waals surface area contributed by atoms with Gasteiger partial charge in [-0.05, 0) is 38.2 Å². The number of nitrogens with zero attached hydrogens (tertiary/aromatic N) is 1. The van der Waals surface area contributed by atoms with Gasteiger partial charge in [0.05, 0.1) is 6.04 Å². The summed E-state index contributed by atoms with van der Waals surface area (Å²) >= 11 is 0. The maximum absolute atomic E-state index is 13.3. The van der Waals surface area contributed by atoms with Gasteiger partial charge in [0, 0.05) is 13.1 Å². The first-order valence-corrected chi connectivity index (χ1v) is 7.48. The first-order chi connectivity index (χ1) is 10.0. The van der Waals surface area contributed by atoms with E-state index in [-0.39, 0.29) is 17.9 Å². The Hall–Kier alpha value is -1.62. The molecule has 4 nitrogen and oxygen atoms in total. The molecule has 0 aliphatic heterocycles. The fourth-order valence-corrected chi connectivity index (χ4v) is 2.14. The molecular weight excluding hydrogens is 269 g/mol. The van der Waals surface area contributed by atoms with Gasteiger partial charge in [-0.15, -0.1) is 0 Å². The van der Waals surface area contributed by atoms with Crippen LogP contribution in [0.3, 0.4) is 0 Å². The highest BCUT2D eigenvalue weighted by Crippen LogP contribution is 2.18. The summed E-state index contributed by atoms with van der Waals surface area (Å²) in [6.07, 6.45) is 3.24. The second-order valence-electron chi connectivity index (χ2n) is 5.38. The van der Waals surface area contributed by atoms with E-state index in [1.165, 1.54) is 12.1 Å². The number of rotatable bonds is 8. The summed E-state index contributed by atoms with van der Waals surface area (Å²) in [5.74, 6) is -0.261. The third kappa shape index (κ3) is 6.58. The van der Waals surface area contributed by atoms with Gasteiger partial charge in [-0.2, -0.15) is 0 Å². The maximum atomic E-state index is 13.3. The van der Waals surface area contributed by atoms with Crippen LogP contribution < -0.4 is 10.6 Å². The number of halogens is 1. The molecule has 0 bridgehead atoms. The molecule has 1 aromatic carbocycles. The summed E-state index contributed by atoms with van der Waals surface area (Å²) in [7, 11) is 3.83. The number of hydrogen-bond acceptors (Lipinski definition) is 2. The highest BCUT2D eigenvalue weighted by Gasteiger charge is 2.15. The van der Waals surface area contributed by atoms with Crippen molar-refractivity contribution in [3.8, 4) is 0 Å². The number of nitrogens with one attached hydrogen (secondary N) is 2. The van der Waals surface area contributed by atoms with E-state index < -0.39 is 0 Å². The van der Waals surface area contributed by atoms with Crippen LogP contribution in [0, 0.1) is 5.82 Å². The summed E-state index contributed by atoms with van der Waals surface area (Å²) in [6.45, 7) is 3.25. The molecule has 0 spiro atoms. The summed E-state index contributed by atoms with van der Waals surface area (Å²) in [6, 6.07) is 6.26. The molecule has 0 saturated heterocycles. The van der Waals surface area contributed by atoms with Crippen molar-refractivity contribution < 1.29 is 9.18 Å². The highest BCUT2D eigenvalue weighted by molar-refractivity contribution is 5.73. The van der Waals surface area contributed by atoms with Gasteiger partial charge in [-0.25, -0.2) is 9.18 Å². The minimum absolute atomic E-state index is 0.0536. The Balaban J connectivity index is 2.47. The van der Waals surface area contributed by atoms with E-state index in [2.05, 4.69) is 17.6 Å². The van der Waals surface area contributed by atoms with Crippen molar-refractivity contribution in [3.63, 3.8) is 0 Å². The van der Waals surface area contributed by atoms with E-state index in [9.17, 15) is 9.18 Å². The van der Waals surface area contributed by atoms with Crippen LogP contribution in [0.15, 0.2) is 24.3 Å². The zero-order valence-corrected chi connectivity index (χ0v) is 13.2. The predicted octanol–water partition coefficient (Wildman–Crippen LogP) is 2.92. The van der Waals surface area contributed by atoms with E-state index in [4.69, 9.17) is 0 Å². The molecule has 118 valence electrons. The molecule has 0 aliphatic rings. The number of likely N-dealkylation sites (N-methyl/N-ethyl adjacent to an activating group) is 1. The van der Waals surface area contributed by atoms with Gasteiger partial charge in [0.25, 0.3) is 0 Å². The van der Waals surface area contributed by atoms with Crippen molar-refractivity contribution in [1.82, 2.24) is 15.5 Å². The number of benzene rings is 1. The lowest BCUT2D eigenvalue weighted by Crippen LogP contribution is -2.40. The smallest absolute Gasteiger partial charge is 0.314 e. The second kappa shape index (κ2) is 9.34. The van der Waals surface area contributed by atoms with Gasteiger partial charge in [0.2, 0.25) is 0 Å². The number of unbranched alkanes of at least 4 members (excludes halogenated alkanes) is 2. The number of carbonyl (C=O) groups excluding carboxylic acids is 1. The Kier molecular flexibility index (Phi) is 7.75. The van der Waals surface area contributed by atoms with Gasteiger partial charge < -0.3 is 15.5 Å². The van der Waals surface area contributed by atoms with Gasteiger partial charge in [0.15, 0.2) is 0 Å². The lowest BCUT2D eigenvalue weighted by Gasteiger charge is -2.25. The average molecular weight is 295 g/mol. The van der Waals surface area contributed by atoms with E-state index >= 15 is 0 Å². The van der Waals surface area contributed by atoms with E-state index in [1.807, 2.05) is 25.1 Å². The largest absolute Gasteiger partial charge is 0.338 e. The molecule has 1 aromatic rings. The molecule has 0 saturated carbocycles. The minimum Gasteiger partial charge on any atom is -0.338 e. The molecule has 5 heteroatoms. The first kappa shape index (κ1) is 17.4. The van der Waals surface area contributed by atoms with Crippen LogP contribution in [0.5, 0.6) is 0 Å². The van der Waals surface area contributed by atoms with Crippen molar-refractivity contribution in [2.45, 2.75) is 32.2 Å². The number of hydrogen-bond donors (Lipinski definition) is 2. The summed E-state index contributed by atoms with van der Waals surface area (Å²) in [5.41, 5.74) is 0.853. The van der Waals surface area contributed by atoms with Gasteiger partial charge in [-0.3, -0.25) is 0 Å². The van der Waals surface area contributed by atoms with Gasteiger partial charge in [0.1, 0.15) is 5.82 Å². The molecule has 1 rings (SSSR count). The van der Waals surface area contributed by atoms with Crippen molar-refractivity contribution in [3.05, 3.63) is 35.6 Å². The van der Waals surface area contributed by atoms with Crippen LogP contribution in [-0.2, 0) is 0 Å². The molecule has 21 heavy (non-hydrogen) atoms. The standard InChI is InChI=1S/C16H26FN3O/c1-4-5-6-10-18-16(21)19-12-15(20(2)3)13-8-7-9-14(17)11-13/h7-9,11,15H,4-6,10,12H2,1-3H3,(H2,18,19,21). The molecule has 0 aromatic heterocycles. The lowest BCUT2D eigenvalue weighted by molar-refractivity contribution is 0.232. The Labute approximate surface area is 126 Å². The van der Waals surface area contributed by atoms with E-state index in [0.717, 1.165) is 24.8 Å². The Bertz CT molecular complexity index is 437. The third-order valence-electron chi connectivity index (χ3n) is 3.38. The van der Waals surface area contributed by atoms with Crippen molar-refractivity contribution in [2.75, 3.05) is 27.2 Å². The Morgan fingerprint density at radius 2 is 2.05 bits per heavy atom. The maximum Gasteiger partial charge on any atom is 0.314 e. The normalized spacial score (nSPS) is 12.2. The molecule has 1 unspecified atom stereocenters. The lowest BCUT2D eigenvalue weighted by atomic mass is 10.1. The van der Waals surface area contributed by atoms with Crippen molar-refractivity contribution in [1.29, 1.82) is 0 Å². The molecule has 2 N–H and O–H groups in total. The summed E-state index contributed by atoms with van der Waals surface area (Å²) in [5, 5.41) is 5.68. The predicted molar refractivity (Wildman–Crippen MR) is 83.8 cm³/mol. The minimum atomic E-state index is -0.261. The fourth-order valence-electron chi connectivity index (χ4n) is 2.14. The van der Waals surface area contributed by atoms with E-state index in [1.54, 1.807) is 6.07 Å². The fraction of sp³-hybridized carbons (Fsp3) is 0.562. The van der Waals surface area contributed by atoms with Crippen LogP contribution in [0.4, 0.5) is 9.18 Å². The van der Waals surface area contributed by atoms with Crippen LogP contribution in [0.2, 0.25) is 0 Å². The number of amides is 2. The average Bonchev–Trinajstić information content (AvgIpc) is 2.43. The molecular formula is C16H26FN3O. The molecule has 2 amide bonds. The highest BCUT2D eigenvalue weighted by atomic mass is 19.1. The molecule has 0 aliphatic carbocycles. The summed E-state index contributed by atoms with van der Waals surface area (Å²) in [4.78, 5) is 13.7. The number of carbonyl (C=O) groups is 1. The quantitative estimate of drug-likeness (QED) is 0.724. The zero-order valence-electron chi connectivity index (χ0n) is 13.2. The van der Waals surface area contributed by atoms with Crippen molar-refractivity contribution in [2.24, 2.45) is 0 Å².